The summed E-state index contributed by atoms with van der Waals surface area (Å²) in [4.78, 5) is 28.7. The van der Waals surface area contributed by atoms with Crippen molar-refractivity contribution in [3.63, 3.8) is 0 Å². The summed E-state index contributed by atoms with van der Waals surface area (Å²) in [6.45, 7) is 8.57. The van der Waals surface area contributed by atoms with E-state index in [1.807, 2.05) is 61.3 Å². The van der Waals surface area contributed by atoms with E-state index >= 15 is 0 Å². The van der Waals surface area contributed by atoms with E-state index in [2.05, 4.69) is 19.8 Å². The highest BCUT2D eigenvalue weighted by molar-refractivity contribution is 6.31. The standard InChI is InChI=1S/C23H26ClN5O/c1-3-27(4-2)23(30)19-16-26-20-9-8-17(24)15-18(20)22(19)29-13-11-28(12-14-29)21-7-5-6-10-25-21/h5-10,15-16H,3-4,11-14H2,1-2H3. The van der Waals surface area contributed by atoms with Gasteiger partial charge < -0.3 is 14.7 Å². The van der Waals surface area contributed by atoms with Crippen molar-refractivity contribution in [3.8, 4) is 0 Å². The van der Waals surface area contributed by atoms with Crippen molar-refractivity contribution >= 4 is 39.9 Å². The zero-order valence-corrected chi connectivity index (χ0v) is 18.1. The van der Waals surface area contributed by atoms with Gasteiger partial charge in [-0.15, -0.1) is 0 Å². The maximum absolute atomic E-state index is 13.3. The highest BCUT2D eigenvalue weighted by atomic mass is 35.5. The molecule has 1 aromatic carbocycles. The Morgan fingerprint density at radius 1 is 1.03 bits per heavy atom. The van der Waals surface area contributed by atoms with E-state index in [1.54, 1.807) is 6.20 Å². The van der Waals surface area contributed by atoms with Crippen LogP contribution >= 0.6 is 11.6 Å². The van der Waals surface area contributed by atoms with Gasteiger partial charge in [-0.3, -0.25) is 9.78 Å². The summed E-state index contributed by atoms with van der Waals surface area (Å²) in [5.41, 5.74) is 2.41. The van der Waals surface area contributed by atoms with Gasteiger partial charge in [-0.25, -0.2) is 4.98 Å². The number of benzene rings is 1. The van der Waals surface area contributed by atoms with Crippen molar-refractivity contribution in [1.82, 2.24) is 14.9 Å². The number of fused-ring (bicyclic) bond motifs is 1. The molecule has 0 spiro atoms. The Morgan fingerprint density at radius 3 is 2.43 bits per heavy atom. The fourth-order valence-electron chi connectivity index (χ4n) is 4.03. The van der Waals surface area contributed by atoms with Crippen molar-refractivity contribution in [2.75, 3.05) is 49.1 Å². The van der Waals surface area contributed by atoms with E-state index < -0.39 is 0 Å². The Labute approximate surface area is 182 Å². The molecular formula is C23H26ClN5O. The largest absolute Gasteiger partial charge is 0.367 e. The highest BCUT2D eigenvalue weighted by Gasteiger charge is 2.26. The third-order valence-electron chi connectivity index (χ3n) is 5.65. The van der Waals surface area contributed by atoms with Crippen LogP contribution < -0.4 is 9.80 Å². The number of hydrogen-bond donors (Lipinski definition) is 0. The molecule has 0 saturated carbocycles. The van der Waals surface area contributed by atoms with Gasteiger partial charge in [0.15, 0.2) is 0 Å². The first kappa shape index (κ1) is 20.4. The number of piperazine rings is 1. The molecule has 0 bridgehead atoms. The van der Waals surface area contributed by atoms with Gasteiger partial charge in [0.05, 0.1) is 16.8 Å². The molecule has 1 saturated heterocycles. The minimum absolute atomic E-state index is 0.0107. The van der Waals surface area contributed by atoms with Crippen LogP contribution in [-0.4, -0.2) is 60.0 Å². The molecular weight excluding hydrogens is 398 g/mol. The van der Waals surface area contributed by atoms with Crippen LogP contribution in [0.1, 0.15) is 24.2 Å². The van der Waals surface area contributed by atoms with Crippen LogP contribution in [0.2, 0.25) is 5.02 Å². The Hall–Kier alpha value is -2.86. The molecule has 7 heteroatoms. The van der Waals surface area contributed by atoms with Gasteiger partial charge in [0.2, 0.25) is 0 Å². The molecule has 6 nitrogen and oxygen atoms in total. The number of aromatic nitrogens is 2. The van der Waals surface area contributed by atoms with E-state index in [-0.39, 0.29) is 5.91 Å². The van der Waals surface area contributed by atoms with Crippen LogP contribution in [0.15, 0.2) is 48.8 Å². The van der Waals surface area contributed by atoms with Crippen molar-refractivity contribution in [3.05, 3.63) is 59.4 Å². The third kappa shape index (κ3) is 3.92. The molecule has 0 atom stereocenters. The molecule has 30 heavy (non-hydrogen) atoms. The van der Waals surface area contributed by atoms with Crippen molar-refractivity contribution < 1.29 is 4.79 Å². The molecule has 1 amide bonds. The number of carbonyl (C=O) groups is 1. The monoisotopic (exact) mass is 423 g/mol. The SMILES string of the molecule is CCN(CC)C(=O)c1cnc2ccc(Cl)cc2c1N1CCN(c2ccccn2)CC1. The Morgan fingerprint density at radius 2 is 1.77 bits per heavy atom. The number of pyridine rings is 2. The lowest BCUT2D eigenvalue weighted by Crippen LogP contribution is -2.47. The van der Waals surface area contributed by atoms with Crippen LogP contribution in [0.4, 0.5) is 11.5 Å². The van der Waals surface area contributed by atoms with Crippen LogP contribution in [0.25, 0.3) is 10.9 Å². The minimum atomic E-state index is 0.0107. The number of halogens is 1. The van der Waals surface area contributed by atoms with Crippen molar-refractivity contribution in [2.45, 2.75) is 13.8 Å². The lowest BCUT2D eigenvalue weighted by molar-refractivity contribution is 0.0773. The first-order valence-corrected chi connectivity index (χ1v) is 10.8. The van der Waals surface area contributed by atoms with Gasteiger partial charge in [0.1, 0.15) is 5.82 Å². The molecule has 3 aromatic rings. The van der Waals surface area contributed by atoms with E-state index in [4.69, 9.17) is 11.6 Å². The van der Waals surface area contributed by atoms with Crippen LogP contribution in [0.3, 0.4) is 0 Å². The van der Waals surface area contributed by atoms with E-state index in [0.717, 1.165) is 48.6 Å². The molecule has 0 N–H and O–H groups in total. The average Bonchev–Trinajstić information content (AvgIpc) is 2.79. The fraction of sp³-hybridized carbons (Fsp3) is 0.348. The second-order valence-corrected chi connectivity index (χ2v) is 7.76. The molecule has 0 aliphatic carbocycles. The number of nitrogens with zero attached hydrogens (tertiary/aromatic N) is 5. The summed E-state index contributed by atoms with van der Waals surface area (Å²) in [6, 6.07) is 11.6. The van der Waals surface area contributed by atoms with Gasteiger partial charge in [0, 0.05) is 62.1 Å². The topological polar surface area (TPSA) is 52.6 Å². The molecule has 156 valence electrons. The van der Waals surface area contributed by atoms with E-state index in [0.29, 0.717) is 23.7 Å². The first-order chi connectivity index (χ1) is 14.6. The van der Waals surface area contributed by atoms with Gasteiger partial charge in [-0.1, -0.05) is 17.7 Å². The van der Waals surface area contributed by atoms with Gasteiger partial charge in [0.25, 0.3) is 5.91 Å². The minimum Gasteiger partial charge on any atom is -0.367 e. The molecule has 0 radical (unpaired) electrons. The lowest BCUT2D eigenvalue weighted by Gasteiger charge is -2.38. The van der Waals surface area contributed by atoms with Crippen LogP contribution in [0.5, 0.6) is 0 Å². The quantitative estimate of drug-likeness (QED) is 0.618. The summed E-state index contributed by atoms with van der Waals surface area (Å²) in [7, 11) is 0. The highest BCUT2D eigenvalue weighted by Crippen LogP contribution is 2.33. The summed E-state index contributed by atoms with van der Waals surface area (Å²) in [5.74, 6) is 0.996. The molecule has 2 aromatic heterocycles. The van der Waals surface area contributed by atoms with E-state index in [1.165, 1.54) is 0 Å². The number of anilines is 2. The number of amides is 1. The predicted molar refractivity (Wildman–Crippen MR) is 123 cm³/mol. The summed E-state index contributed by atoms with van der Waals surface area (Å²) >= 11 is 6.32. The second-order valence-electron chi connectivity index (χ2n) is 7.32. The summed E-state index contributed by atoms with van der Waals surface area (Å²) < 4.78 is 0. The van der Waals surface area contributed by atoms with Gasteiger partial charge in [-0.2, -0.15) is 0 Å². The maximum atomic E-state index is 13.3. The lowest BCUT2D eigenvalue weighted by atomic mass is 10.1. The zero-order valence-electron chi connectivity index (χ0n) is 17.4. The Balaban J connectivity index is 1.72. The fourth-order valence-corrected chi connectivity index (χ4v) is 4.20. The second kappa shape index (κ2) is 8.88. The average molecular weight is 424 g/mol. The molecule has 0 unspecified atom stereocenters. The van der Waals surface area contributed by atoms with Gasteiger partial charge >= 0.3 is 0 Å². The third-order valence-corrected chi connectivity index (χ3v) is 5.89. The van der Waals surface area contributed by atoms with Crippen LogP contribution in [0, 0.1) is 0 Å². The van der Waals surface area contributed by atoms with E-state index in [9.17, 15) is 4.79 Å². The number of rotatable bonds is 5. The van der Waals surface area contributed by atoms with Crippen molar-refractivity contribution in [1.29, 1.82) is 0 Å². The number of hydrogen-bond acceptors (Lipinski definition) is 5. The molecule has 3 heterocycles. The molecule has 4 rings (SSSR count). The van der Waals surface area contributed by atoms with Gasteiger partial charge in [-0.05, 0) is 44.2 Å². The predicted octanol–water partition coefficient (Wildman–Crippen LogP) is 4.09. The Kier molecular flexibility index (Phi) is 6.04. The molecule has 1 aliphatic heterocycles. The van der Waals surface area contributed by atoms with Crippen molar-refractivity contribution in [2.24, 2.45) is 0 Å². The molecule has 1 aliphatic rings. The molecule has 1 fully saturated rings. The summed E-state index contributed by atoms with van der Waals surface area (Å²) in [5, 5.41) is 1.57. The zero-order chi connectivity index (χ0) is 21.1. The van der Waals surface area contributed by atoms with Crippen LogP contribution in [-0.2, 0) is 0 Å². The summed E-state index contributed by atoms with van der Waals surface area (Å²) in [6.07, 6.45) is 3.54. The smallest absolute Gasteiger partial charge is 0.257 e. The maximum Gasteiger partial charge on any atom is 0.257 e. The Bertz CT molecular complexity index is 1030. The first-order valence-electron chi connectivity index (χ1n) is 10.4. The normalized spacial score (nSPS) is 14.2. The number of carbonyl (C=O) groups excluding carboxylic acids is 1.